The molecule has 0 saturated carbocycles. The van der Waals surface area contributed by atoms with Crippen LogP contribution in [0, 0.1) is 11.3 Å². The van der Waals surface area contributed by atoms with Gasteiger partial charge in [-0.2, -0.15) is 5.26 Å². The number of carbonyl (C=O) groups excluding carboxylic acids is 1. The van der Waals surface area contributed by atoms with Crippen LogP contribution in [0.4, 0.5) is 5.69 Å². The van der Waals surface area contributed by atoms with E-state index in [2.05, 4.69) is 44.6 Å². The highest BCUT2D eigenvalue weighted by atomic mass is 32.1. The van der Waals surface area contributed by atoms with Gasteiger partial charge in [-0.15, -0.1) is 11.3 Å². The lowest BCUT2D eigenvalue weighted by Crippen LogP contribution is -2.41. The van der Waals surface area contributed by atoms with Crippen LogP contribution in [-0.2, 0) is 16.1 Å². The number of carbonyl (C=O) groups is 1. The van der Waals surface area contributed by atoms with Crippen molar-refractivity contribution in [2.45, 2.75) is 13.0 Å². The Balaban J connectivity index is 1.35. The number of aryl methyl sites for hydroxylation is 1. The van der Waals surface area contributed by atoms with Crippen LogP contribution in [0.5, 0.6) is 0 Å². The van der Waals surface area contributed by atoms with Gasteiger partial charge in [-0.25, -0.2) is 4.98 Å². The van der Waals surface area contributed by atoms with Crippen molar-refractivity contribution >= 4 is 33.8 Å². The molecule has 1 amide bonds. The van der Waals surface area contributed by atoms with Gasteiger partial charge in [0.15, 0.2) is 0 Å². The number of rotatable bonds is 7. The van der Waals surface area contributed by atoms with Gasteiger partial charge < -0.3 is 14.6 Å². The van der Waals surface area contributed by atoms with Crippen molar-refractivity contribution in [2.24, 2.45) is 0 Å². The zero-order valence-electron chi connectivity index (χ0n) is 18.7. The predicted molar refractivity (Wildman–Crippen MR) is 135 cm³/mol. The first-order valence-corrected chi connectivity index (χ1v) is 12.2. The average Bonchev–Trinajstić information content (AvgIpc) is 3.49. The molecule has 0 radical (unpaired) electrons. The minimum Gasteiger partial charge on any atom is -0.379 e. The van der Waals surface area contributed by atoms with Gasteiger partial charge in [0.05, 0.1) is 37.9 Å². The van der Waals surface area contributed by atoms with Crippen LogP contribution < -0.4 is 5.32 Å². The van der Waals surface area contributed by atoms with Crippen molar-refractivity contribution in [3.05, 3.63) is 60.1 Å². The van der Waals surface area contributed by atoms with Gasteiger partial charge in [0.25, 0.3) is 0 Å². The summed E-state index contributed by atoms with van der Waals surface area (Å²) in [6.45, 7) is 3.92. The first-order chi connectivity index (χ1) is 16.7. The lowest BCUT2D eigenvalue weighted by atomic mass is 10.1. The van der Waals surface area contributed by atoms with E-state index in [1.165, 1.54) is 0 Å². The van der Waals surface area contributed by atoms with Crippen LogP contribution in [-0.4, -0.2) is 53.2 Å². The second-order valence-electron chi connectivity index (χ2n) is 8.22. The summed E-state index contributed by atoms with van der Waals surface area (Å²) in [4.78, 5) is 19.5. The summed E-state index contributed by atoms with van der Waals surface area (Å²) in [5.74, 6) is -0.0240. The van der Waals surface area contributed by atoms with Gasteiger partial charge in [-0.1, -0.05) is 30.3 Å². The maximum absolute atomic E-state index is 12.5. The van der Waals surface area contributed by atoms with E-state index in [4.69, 9.17) is 15.0 Å². The maximum atomic E-state index is 12.5. The van der Waals surface area contributed by atoms with E-state index in [9.17, 15) is 4.79 Å². The Hall–Kier alpha value is -3.51. The summed E-state index contributed by atoms with van der Waals surface area (Å²) in [5, 5.41) is 16.1. The molecule has 0 bridgehead atoms. The molecule has 172 valence electrons. The molecule has 8 heteroatoms. The molecule has 1 aliphatic heterocycles. The van der Waals surface area contributed by atoms with Crippen LogP contribution in [0.1, 0.15) is 6.42 Å². The van der Waals surface area contributed by atoms with Gasteiger partial charge in [-0.3, -0.25) is 9.69 Å². The number of para-hydroxylation sites is 1. The molecule has 2 aromatic heterocycles. The third kappa shape index (κ3) is 4.87. The second kappa shape index (κ2) is 10.2. The van der Waals surface area contributed by atoms with Gasteiger partial charge in [0.1, 0.15) is 5.01 Å². The number of nitrogens with zero attached hydrogens (tertiary/aromatic N) is 4. The van der Waals surface area contributed by atoms with Crippen molar-refractivity contribution in [1.82, 2.24) is 14.5 Å². The number of nitrogens with one attached hydrogen (secondary N) is 1. The van der Waals surface area contributed by atoms with Gasteiger partial charge in [0.2, 0.25) is 5.91 Å². The van der Waals surface area contributed by atoms with Crippen LogP contribution in [0.2, 0.25) is 0 Å². The number of fused-ring (bicyclic) bond motifs is 1. The summed E-state index contributed by atoms with van der Waals surface area (Å²) in [6, 6.07) is 18.3. The van der Waals surface area contributed by atoms with E-state index >= 15 is 0 Å². The molecule has 5 rings (SSSR count). The predicted octanol–water partition coefficient (Wildman–Crippen LogP) is 4.62. The van der Waals surface area contributed by atoms with Crippen molar-refractivity contribution in [1.29, 1.82) is 5.26 Å². The third-order valence-electron chi connectivity index (χ3n) is 5.90. The molecule has 1 fully saturated rings. The fourth-order valence-corrected chi connectivity index (χ4v) is 5.05. The van der Waals surface area contributed by atoms with E-state index in [1.807, 2.05) is 36.4 Å². The molecule has 0 spiro atoms. The Morgan fingerprint density at radius 2 is 2.03 bits per heavy atom. The molecular formula is C26H25N5O2S. The maximum Gasteiger partial charge on any atom is 0.238 e. The van der Waals surface area contributed by atoms with Crippen LogP contribution in [0.3, 0.4) is 0 Å². The highest BCUT2D eigenvalue weighted by Gasteiger charge is 2.16. The number of amides is 1. The second-order valence-corrected chi connectivity index (χ2v) is 9.07. The topological polar surface area (TPSA) is 83.2 Å². The summed E-state index contributed by atoms with van der Waals surface area (Å²) >= 11 is 1.58. The lowest BCUT2D eigenvalue weighted by molar-refractivity contribution is -0.118. The van der Waals surface area contributed by atoms with E-state index < -0.39 is 0 Å². The van der Waals surface area contributed by atoms with Crippen LogP contribution in [0.15, 0.2) is 60.1 Å². The van der Waals surface area contributed by atoms with E-state index in [-0.39, 0.29) is 5.91 Å². The molecule has 0 aliphatic carbocycles. The number of thiazole rings is 1. The van der Waals surface area contributed by atoms with Crippen molar-refractivity contribution in [2.75, 3.05) is 38.2 Å². The monoisotopic (exact) mass is 471 g/mol. The molecule has 1 saturated heterocycles. The highest BCUT2D eigenvalue weighted by Crippen LogP contribution is 2.35. The van der Waals surface area contributed by atoms with E-state index in [0.717, 1.165) is 51.5 Å². The Labute approximate surface area is 202 Å². The quantitative estimate of drug-likeness (QED) is 0.425. The molecule has 7 nitrogen and oxygen atoms in total. The molecule has 0 atom stereocenters. The summed E-state index contributed by atoms with van der Waals surface area (Å²) in [6.07, 6.45) is 2.55. The Morgan fingerprint density at radius 3 is 2.88 bits per heavy atom. The minimum absolute atomic E-state index is 0.0240. The zero-order valence-corrected chi connectivity index (χ0v) is 19.6. The van der Waals surface area contributed by atoms with Crippen molar-refractivity contribution in [3.63, 3.8) is 0 Å². The normalized spacial score (nSPS) is 14.2. The number of hydrogen-bond donors (Lipinski definition) is 1. The molecule has 34 heavy (non-hydrogen) atoms. The zero-order chi connectivity index (χ0) is 23.3. The Bertz CT molecular complexity index is 1350. The smallest absolute Gasteiger partial charge is 0.238 e. The average molecular weight is 472 g/mol. The van der Waals surface area contributed by atoms with Gasteiger partial charge >= 0.3 is 0 Å². The highest BCUT2D eigenvalue weighted by molar-refractivity contribution is 7.13. The summed E-state index contributed by atoms with van der Waals surface area (Å²) in [7, 11) is 0. The first-order valence-electron chi connectivity index (χ1n) is 11.3. The molecule has 4 aromatic rings. The molecular weight excluding hydrogens is 446 g/mol. The molecule has 1 N–H and O–H groups in total. The first kappa shape index (κ1) is 22.3. The molecule has 1 aliphatic rings. The molecule has 3 heterocycles. The van der Waals surface area contributed by atoms with E-state index in [0.29, 0.717) is 32.7 Å². The fraction of sp³-hybridized carbons (Fsp3) is 0.269. The lowest BCUT2D eigenvalue weighted by Gasteiger charge is -2.25. The van der Waals surface area contributed by atoms with Crippen LogP contribution in [0.25, 0.3) is 32.7 Å². The molecule has 0 unspecified atom stereocenters. The Kier molecular flexibility index (Phi) is 6.67. The number of aromatic nitrogens is 2. The SMILES string of the molecule is N#CCCn1cc(-c2csc(-c3cccc(NC(=O)CN4CCOCC4)c3)n2)c2ccccc21. The largest absolute Gasteiger partial charge is 0.379 e. The fourth-order valence-electron chi connectivity index (χ4n) is 4.23. The van der Waals surface area contributed by atoms with Crippen molar-refractivity contribution in [3.8, 4) is 27.9 Å². The van der Waals surface area contributed by atoms with Gasteiger partial charge in [0, 0.05) is 58.9 Å². The van der Waals surface area contributed by atoms with E-state index in [1.54, 1.807) is 11.3 Å². The number of anilines is 1. The Morgan fingerprint density at radius 1 is 1.18 bits per heavy atom. The standard InChI is InChI=1S/C26H25N5O2S/c27-9-4-10-31-16-22(21-7-1-2-8-24(21)31)23-18-34-26(29-23)19-5-3-6-20(15-19)28-25(32)17-30-11-13-33-14-12-30/h1-3,5-8,15-16,18H,4,10-14,17H2,(H,28,32). The summed E-state index contributed by atoms with van der Waals surface area (Å²) in [5.41, 5.74) is 4.81. The van der Waals surface area contributed by atoms with Gasteiger partial charge in [-0.05, 0) is 18.2 Å². The number of hydrogen-bond acceptors (Lipinski definition) is 6. The minimum atomic E-state index is -0.0240. The number of nitriles is 1. The third-order valence-corrected chi connectivity index (χ3v) is 6.79. The summed E-state index contributed by atoms with van der Waals surface area (Å²) < 4.78 is 7.47. The number of ether oxygens (including phenoxy) is 1. The van der Waals surface area contributed by atoms with Crippen LogP contribution >= 0.6 is 11.3 Å². The van der Waals surface area contributed by atoms with Crippen molar-refractivity contribution < 1.29 is 9.53 Å². The number of benzene rings is 2. The molecule has 2 aromatic carbocycles. The number of morpholine rings is 1.